The first-order chi connectivity index (χ1) is 11.4. The second kappa shape index (κ2) is 10.0. The van der Waals surface area contributed by atoms with Gasteiger partial charge in [-0.2, -0.15) is 0 Å². The molecule has 1 aromatic heterocycles. The number of hydrogen-bond donors (Lipinski definition) is 3. The maximum atomic E-state index is 12.4. The van der Waals surface area contributed by atoms with Gasteiger partial charge in [-0.25, -0.2) is 13.1 Å². The van der Waals surface area contributed by atoms with E-state index < -0.39 is 21.0 Å². The van der Waals surface area contributed by atoms with Crippen LogP contribution in [-0.2, 0) is 21.2 Å². The maximum absolute atomic E-state index is 12.4. The Bertz CT molecular complexity index is 678. The molecule has 0 fully saturated rings. The smallest absolute Gasteiger partial charge is 0.250 e. The zero-order chi connectivity index (χ0) is 19.3. The zero-order valence-corrected chi connectivity index (χ0v) is 18.7. The van der Waals surface area contributed by atoms with E-state index in [1.165, 1.54) is 11.3 Å². The van der Waals surface area contributed by atoms with Gasteiger partial charge >= 0.3 is 0 Å². The highest BCUT2D eigenvalue weighted by atomic mass is 35.5. The number of halogens is 1. The minimum Gasteiger partial charge on any atom is -0.355 e. The lowest BCUT2D eigenvalue weighted by atomic mass is 9.95. The predicted octanol–water partition coefficient (Wildman–Crippen LogP) is 2.67. The fraction of sp³-hybridized carbons (Fsp3) is 0.706. The van der Waals surface area contributed by atoms with Gasteiger partial charge in [-0.3, -0.25) is 4.79 Å². The molecule has 0 aliphatic carbocycles. The highest BCUT2D eigenvalue weighted by Crippen LogP contribution is 2.22. The van der Waals surface area contributed by atoms with Crippen molar-refractivity contribution in [2.24, 2.45) is 11.1 Å². The third kappa shape index (κ3) is 7.52. The van der Waals surface area contributed by atoms with E-state index in [1.54, 1.807) is 12.1 Å². The van der Waals surface area contributed by atoms with Crippen molar-refractivity contribution in [3.05, 3.63) is 17.0 Å². The highest BCUT2D eigenvalue weighted by molar-refractivity contribution is 7.91. The molecule has 0 saturated carbocycles. The zero-order valence-electron chi connectivity index (χ0n) is 16.2. The summed E-state index contributed by atoms with van der Waals surface area (Å²) in [5, 5.41) is 2.87. The van der Waals surface area contributed by atoms with Crippen LogP contribution in [0, 0.1) is 5.41 Å². The summed E-state index contributed by atoms with van der Waals surface area (Å²) in [5.41, 5.74) is 5.20. The first kappa shape index (κ1) is 25.3. The average molecular weight is 426 g/mol. The van der Waals surface area contributed by atoms with E-state index in [9.17, 15) is 13.2 Å². The molecular formula is C17H32ClN3O3S2. The lowest BCUT2D eigenvalue weighted by molar-refractivity contribution is -0.128. The molecular weight excluding hydrogens is 394 g/mol. The molecule has 6 nitrogen and oxygen atoms in total. The molecule has 1 amide bonds. The number of nitrogens with one attached hydrogen (secondary N) is 2. The van der Waals surface area contributed by atoms with Gasteiger partial charge in [0.2, 0.25) is 15.9 Å². The molecule has 9 heteroatoms. The number of hydrogen-bond acceptors (Lipinski definition) is 5. The Labute approximate surface area is 167 Å². The van der Waals surface area contributed by atoms with Crippen LogP contribution in [0.1, 0.15) is 52.3 Å². The van der Waals surface area contributed by atoms with Gasteiger partial charge in [0.25, 0.3) is 0 Å². The standard InChI is InChI=1S/C17H31N3O3S2.ClH/c1-6-17(18,7-2)12-20-25(22,23)14-9-8-13(24-14)10-11-19-15(21)16(3,4)5;/h8-9,20H,6-7,10-12,18H2,1-5H3,(H,19,21);1H. The fourth-order valence-electron chi connectivity index (χ4n) is 2.01. The Kier molecular flexibility index (Phi) is 9.77. The Hall–Kier alpha value is -0.670. The van der Waals surface area contributed by atoms with E-state index in [4.69, 9.17) is 5.73 Å². The SMILES string of the molecule is CCC(N)(CC)CNS(=O)(=O)c1ccc(CCNC(=O)C(C)(C)C)s1.Cl. The van der Waals surface area contributed by atoms with Crippen LogP contribution in [0.4, 0.5) is 0 Å². The number of carbonyl (C=O) groups is 1. The van der Waals surface area contributed by atoms with Crippen molar-refractivity contribution in [2.75, 3.05) is 13.1 Å². The van der Waals surface area contributed by atoms with Crippen LogP contribution in [0.3, 0.4) is 0 Å². The van der Waals surface area contributed by atoms with Gasteiger partial charge in [0.1, 0.15) is 4.21 Å². The molecule has 0 bridgehead atoms. The summed E-state index contributed by atoms with van der Waals surface area (Å²) < 4.78 is 27.7. The van der Waals surface area contributed by atoms with Crippen molar-refractivity contribution in [3.8, 4) is 0 Å². The van der Waals surface area contributed by atoms with Gasteiger partial charge in [0.05, 0.1) is 0 Å². The number of nitrogens with two attached hydrogens (primary N) is 1. The Morgan fingerprint density at radius 2 is 1.77 bits per heavy atom. The van der Waals surface area contributed by atoms with Gasteiger partial charge in [-0.15, -0.1) is 23.7 Å². The van der Waals surface area contributed by atoms with E-state index >= 15 is 0 Å². The first-order valence-electron chi connectivity index (χ1n) is 8.59. The number of carbonyl (C=O) groups excluding carboxylic acids is 1. The van der Waals surface area contributed by atoms with Crippen molar-refractivity contribution in [1.82, 2.24) is 10.0 Å². The van der Waals surface area contributed by atoms with Crippen molar-refractivity contribution in [1.29, 1.82) is 0 Å². The molecule has 0 atom stereocenters. The molecule has 0 spiro atoms. The highest BCUT2D eigenvalue weighted by Gasteiger charge is 2.25. The third-order valence-corrected chi connectivity index (χ3v) is 7.30. The minimum absolute atomic E-state index is 0. The first-order valence-corrected chi connectivity index (χ1v) is 10.9. The number of amides is 1. The normalized spacial score (nSPS) is 12.5. The summed E-state index contributed by atoms with van der Waals surface area (Å²) in [4.78, 5) is 12.7. The summed E-state index contributed by atoms with van der Waals surface area (Å²) in [6.07, 6.45) is 2.01. The fourth-order valence-corrected chi connectivity index (χ4v) is 4.55. The Balaban J connectivity index is 0.00000625. The quantitative estimate of drug-likeness (QED) is 0.566. The molecule has 0 aliphatic rings. The summed E-state index contributed by atoms with van der Waals surface area (Å²) in [6, 6.07) is 3.39. The maximum Gasteiger partial charge on any atom is 0.250 e. The Morgan fingerprint density at radius 3 is 2.27 bits per heavy atom. The topological polar surface area (TPSA) is 101 Å². The molecule has 0 unspecified atom stereocenters. The molecule has 1 heterocycles. The number of thiophene rings is 1. The van der Waals surface area contributed by atoms with Crippen LogP contribution in [0.25, 0.3) is 0 Å². The average Bonchev–Trinajstić information content (AvgIpc) is 3.01. The monoisotopic (exact) mass is 425 g/mol. The third-order valence-electron chi connectivity index (χ3n) is 4.26. The summed E-state index contributed by atoms with van der Waals surface area (Å²) >= 11 is 1.22. The molecule has 0 aromatic carbocycles. The van der Waals surface area contributed by atoms with Crippen molar-refractivity contribution < 1.29 is 13.2 Å². The lowest BCUT2D eigenvalue weighted by Crippen LogP contribution is -2.49. The van der Waals surface area contributed by atoms with Crippen LogP contribution in [0.5, 0.6) is 0 Å². The van der Waals surface area contributed by atoms with E-state index in [1.807, 2.05) is 34.6 Å². The molecule has 0 aliphatic heterocycles. The molecule has 0 saturated heterocycles. The summed E-state index contributed by atoms with van der Waals surface area (Å²) in [6.45, 7) is 10.2. The van der Waals surface area contributed by atoms with Gasteiger partial charge in [-0.05, 0) is 31.4 Å². The second-order valence-corrected chi connectivity index (χ2v) is 10.5. The van der Waals surface area contributed by atoms with Crippen molar-refractivity contribution in [2.45, 2.75) is 63.6 Å². The van der Waals surface area contributed by atoms with Crippen LogP contribution < -0.4 is 15.8 Å². The van der Waals surface area contributed by atoms with Crippen LogP contribution in [0.15, 0.2) is 16.3 Å². The Morgan fingerprint density at radius 1 is 1.19 bits per heavy atom. The van der Waals surface area contributed by atoms with E-state index in [-0.39, 0.29) is 29.1 Å². The molecule has 1 aromatic rings. The lowest BCUT2D eigenvalue weighted by Gasteiger charge is -2.26. The minimum atomic E-state index is -3.56. The number of rotatable bonds is 9. The van der Waals surface area contributed by atoms with Gasteiger partial charge in [-0.1, -0.05) is 34.6 Å². The van der Waals surface area contributed by atoms with Crippen LogP contribution >= 0.6 is 23.7 Å². The van der Waals surface area contributed by atoms with E-state index in [0.29, 0.717) is 25.8 Å². The molecule has 1 rings (SSSR count). The van der Waals surface area contributed by atoms with Crippen LogP contribution in [0.2, 0.25) is 0 Å². The largest absolute Gasteiger partial charge is 0.355 e. The summed E-state index contributed by atoms with van der Waals surface area (Å²) in [5.74, 6) is -0.0167. The van der Waals surface area contributed by atoms with Crippen molar-refractivity contribution in [3.63, 3.8) is 0 Å². The predicted molar refractivity (Wildman–Crippen MR) is 110 cm³/mol. The van der Waals surface area contributed by atoms with Gasteiger partial charge < -0.3 is 11.1 Å². The van der Waals surface area contributed by atoms with Crippen molar-refractivity contribution >= 4 is 39.7 Å². The van der Waals surface area contributed by atoms with E-state index in [2.05, 4.69) is 10.0 Å². The molecule has 152 valence electrons. The van der Waals surface area contributed by atoms with Gasteiger partial charge in [0, 0.05) is 28.9 Å². The summed E-state index contributed by atoms with van der Waals surface area (Å²) in [7, 11) is -3.56. The molecule has 26 heavy (non-hydrogen) atoms. The van der Waals surface area contributed by atoms with E-state index in [0.717, 1.165) is 4.88 Å². The molecule has 4 N–H and O–H groups in total. The number of sulfonamides is 1. The van der Waals surface area contributed by atoms with Gasteiger partial charge in [0.15, 0.2) is 0 Å². The second-order valence-electron chi connectivity index (χ2n) is 7.37. The van der Waals surface area contributed by atoms with Crippen LogP contribution in [-0.4, -0.2) is 33.0 Å². The molecule has 0 radical (unpaired) electrons.